The maximum atomic E-state index is 11.0. The predicted molar refractivity (Wildman–Crippen MR) is 73.3 cm³/mol. The molecule has 0 saturated carbocycles. The number of nitrogens with two attached hydrogens (primary N) is 1. The van der Waals surface area contributed by atoms with Crippen LogP contribution in [0.15, 0.2) is 42.5 Å². The van der Waals surface area contributed by atoms with Crippen molar-refractivity contribution in [2.45, 2.75) is 6.42 Å². The number of hydrogen-bond donors (Lipinski definition) is 1. The largest absolute Gasteiger partial charge is 0.450 e. The summed E-state index contributed by atoms with van der Waals surface area (Å²) in [7, 11) is 0. The van der Waals surface area contributed by atoms with Crippen molar-refractivity contribution >= 4 is 11.4 Å². The molecule has 6 heteroatoms. The Balaban J connectivity index is 2.28. The van der Waals surface area contributed by atoms with Crippen molar-refractivity contribution in [2.24, 2.45) is 0 Å². The van der Waals surface area contributed by atoms with Crippen molar-refractivity contribution in [1.82, 2.24) is 0 Å². The zero-order valence-corrected chi connectivity index (χ0v) is 10.4. The lowest BCUT2D eigenvalue weighted by atomic mass is 10.1. The summed E-state index contributed by atoms with van der Waals surface area (Å²) in [5, 5.41) is 19.6. The van der Waals surface area contributed by atoms with Gasteiger partial charge in [0, 0.05) is 0 Å². The summed E-state index contributed by atoms with van der Waals surface area (Å²) in [5.74, 6) is 0.531. The highest BCUT2D eigenvalue weighted by Gasteiger charge is 2.19. The molecule has 2 N–H and O–H groups in total. The summed E-state index contributed by atoms with van der Waals surface area (Å²) < 4.78 is 5.48. The Bertz CT molecular complexity index is 675. The fourth-order valence-electron chi connectivity index (χ4n) is 1.71. The summed E-state index contributed by atoms with van der Waals surface area (Å²) >= 11 is 0. The standard InChI is InChI=1S/C14H11N3O3/c15-9-8-10-4-6-11(7-5-10)20-13-3-1-2-12(16)14(13)17(18)19/h1-7H,8,16H2. The van der Waals surface area contributed by atoms with E-state index in [2.05, 4.69) is 0 Å². The molecule has 0 amide bonds. The first-order valence-corrected chi connectivity index (χ1v) is 5.78. The number of hydrogen-bond acceptors (Lipinski definition) is 5. The van der Waals surface area contributed by atoms with Gasteiger partial charge >= 0.3 is 5.69 Å². The van der Waals surface area contributed by atoms with Crippen LogP contribution in [-0.4, -0.2) is 4.92 Å². The van der Waals surface area contributed by atoms with Crippen LogP contribution < -0.4 is 10.5 Å². The van der Waals surface area contributed by atoms with E-state index in [1.165, 1.54) is 12.1 Å². The normalized spacial score (nSPS) is 9.75. The topological polar surface area (TPSA) is 102 Å². The lowest BCUT2D eigenvalue weighted by Gasteiger charge is -2.07. The first-order chi connectivity index (χ1) is 9.61. The van der Waals surface area contributed by atoms with Gasteiger partial charge < -0.3 is 10.5 Å². The molecule has 2 rings (SSSR count). The Morgan fingerprint density at radius 2 is 1.95 bits per heavy atom. The second kappa shape index (κ2) is 5.71. The summed E-state index contributed by atoms with van der Waals surface area (Å²) in [6.45, 7) is 0. The molecule has 0 unspecified atom stereocenters. The molecule has 6 nitrogen and oxygen atoms in total. The highest BCUT2D eigenvalue weighted by atomic mass is 16.6. The molecule has 0 atom stereocenters. The van der Waals surface area contributed by atoms with Gasteiger partial charge in [0.2, 0.25) is 5.75 Å². The van der Waals surface area contributed by atoms with Crippen LogP contribution in [0.25, 0.3) is 0 Å². The predicted octanol–water partition coefficient (Wildman–Crippen LogP) is 3.04. The van der Waals surface area contributed by atoms with Gasteiger partial charge in [-0.2, -0.15) is 5.26 Å². The first kappa shape index (κ1) is 13.4. The number of ether oxygens (including phenoxy) is 1. The molecule has 0 aliphatic heterocycles. The summed E-state index contributed by atoms with van der Waals surface area (Å²) in [6, 6.07) is 13.3. The van der Waals surface area contributed by atoms with Crippen LogP contribution in [-0.2, 0) is 6.42 Å². The second-order valence-corrected chi connectivity index (χ2v) is 4.03. The molecule has 0 fully saturated rings. The fraction of sp³-hybridized carbons (Fsp3) is 0.0714. The van der Waals surface area contributed by atoms with E-state index in [1.807, 2.05) is 6.07 Å². The van der Waals surface area contributed by atoms with E-state index in [4.69, 9.17) is 15.7 Å². The van der Waals surface area contributed by atoms with Gasteiger partial charge in [0.1, 0.15) is 11.4 Å². The minimum atomic E-state index is -0.575. The summed E-state index contributed by atoms with van der Waals surface area (Å²) in [6.07, 6.45) is 0.304. The SMILES string of the molecule is N#CCc1ccc(Oc2cccc(N)c2[N+](=O)[O-])cc1. The van der Waals surface area contributed by atoms with Crippen LogP contribution in [0.1, 0.15) is 5.56 Å². The maximum Gasteiger partial charge on any atom is 0.334 e. The smallest absolute Gasteiger partial charge is 0.334 e. The number of nitrogens with zero attached hydrogens (tertiary/aromatic N) is 2. The quantitative estimate of drug-likeness (QED) is 0.522. The molecule has 0 aliphatic rings. The Kier molecular flexibility index (Phi) is 3.82. The van der Waals surface area contributed by atoms with Crippen molar-refractivity contribution in [3.63, 3.8) is 0 Å². The number of benzene rings is 2. The molecule has 0 heterocycles. The lowest BCUT2D eigenvalue weighted by Crippen LogP contribution is -1.98. The van der Waals surface area contributed by atoms with E-state index < -0.39 is 4.92 Å². The Morgan fingerprint density at radius 3 is 2.55 bits per heavy atom. The average molecular weight is 269 g/mol. The van der Waals surface area contributed by atoms with Crippen molar-refractivity contribution in [1.29, 1.82) is 5.26 Å². The van der Waals surface area contributed by atoms with E-state index in [1.54, 1.807) is 30.3 Å². The van der Waals surface area contributed by atoms with Crippen molar-refractivity contribution in [2.75, 3.05) is 5.73 Å². The molecule has 20 heavy (non-hydrogen) atoms. The number of nitro benzene ring substituents is 1. The lowest BCUT2D eigenvalue weighted by molar-refractivity contribution is -0.384. The van der Waals surface area contributed by atoms with Crippen LogP contribution in [0.4, 0.5) is 11.4 Å². The molecular weight excluding hydrogens is 258 g/mol. The molecular formula is C14H11N3O3. The number of nitro groups is 1. The first-order valence-electron chi connectivity index (χ1n) is 5.78. The Hall–Kier alpha value is -3.07. The third-order valence-corrected chi connectivity index (χ3v) is 2.65. The third kappa shape index (κ3) is 2.84. The van der Waals surface area contributed by atoms with Crippen molar-refractivity contribution < 1.29 is 9.66 Å². The number of para-hydroxylation sites is 1. The van der Waals surface area contributed by atoms with E-state index >= 15 is 0 Å². The van der Waals surface area contributed by atoms with Gasteiger partial charge in [-0.15, -0.1) is 0 Å². The van der Waals surface area contributed by atoms with Crippen LogP contribution in [0, 0.1) is 21.4 Å². The zero-order chi connectivity index (χ0) is 14.5. The van der Waals surface area contributed by atoms with Gasteiger partial charge in [-0.05, 0) is 29.8 Å². The van der Waals surface area contributed by atoms with Crippen LogP contribution in [0.2, 0.25) is 0 Å². The van der Waals surface area contributed by atoms with Gasteiger partial charge in [-0.25, -0.2) is 0 Å². The van der Waals surface area contributed by atoms with Gasteiger partial charge in [-0.3, -0.25) is 10.1 Å². The molecule has 0 aromatic heterocycles. The fourth-order valence-corrected chi connectivity index (χ4v) is 1.71. The highest BCUT2D eigenvalue weighted by Crippen LogP contribution is 2.35. The van der Waals surface area contributed by atoms with Crippen LogP contribution >= 0.6 is 0 Å². The number of rotatable bonds is 4. The summed E-state index contributed by atoms with van der Waals surface area (Å²) in [5.41, 5.74) is 6.22. The van der Waals surface area contributed by atoms with Crippen LogP contribution in [0.3, 0.4) is 0 Å². The monoisotopic (exact) mass is 269 g/mol. The molecule has 0 saturated heterocycles. The molecule has 0 aliphatic carbocycles. The number of nitrogen functional groups attached to an aromatic ring is 1. The van der Waals surface area contributed by atoms with Gasteiger partial charge in [0.15, 0.2) is 0 Å². The van der Waals surface area contributed by atoms with E-state index in [0.717, 1.165) is 5.56 Å². The molecule has 100 valence electrons. The van der Waals surface area contributed by atoms with E-state index in [9.17, 15) is 10.1 Å². The second-order valence-electron chi connectivity index (χ2n) is 4.03. The Labute approximate surface area is 115 Å². The van der Waals surface area contributed by atoms with E-state index in [0.29, 0.717) is 12.2 Å². The number of nitriles is 1. The maximum absolute atomic E-state index is 11.0. The molecule has 2 aromatic carbocycles. The van der Waals surface area contributed by atoms with Gasteiger partial charge in [-0.1, -0.05) is 18.2 Å². The van der Waals surface area contributed by atoms with Gasteiger partial charge in [0.05, 0.1) is 17.4 Å². The van der Waals surface area contributed by atoms with Gasteiger partial charge in [0.25, 0.3) is 0 Å². The molecule has 0 spiro atoms. The summed E-state index contributed by atoms with van der Waals surface area (Å²) in [4.78, 5) is 10.4. The van der Waals surface area contributed by atoms with E-state index in [-0.39, 0.29) is 17.1 Å². The van der Waals surface area contributed by atoms with Crippen LogP contribution in [0.5, 0.6) is 11.5 Å². The highest BCUT2D eigenvalue weighted by molar-refractivity contribution is 5.66. The average Bonchev–Trinajstić information content (AvgIpc) is 2.41. The molecule has 2 aromatic rings. The molecule has 0 bridgehead atoms. The third-order valence-electron chi connectivity index (χ3n) is 2.65. The minimum absolute atomic E-state index is 0.0496. The Morgan fingerprint density at radius 1 is 1.25 bits per heavy atom. The minimum Gasteiger partial charge on any atom is -0.450 e. The van der Waals surface area contributed by atoms with Crippen molar-refractivity contribution in [3.05, 3.63) is 58.1 Å². The number of anilines is 1. The molecule has 0 radical (unpaired) electrons. The zero-order valence-electron chi connectivity index (χ0n) is 10.4. The van der Waals surface area contributed by atoms with Crippen molar-refractivity contribution in [3.8, 4) is 17.6 Å².